The molecule has 0 saturated heterocycles. The zero-order valence-corrected chi connectivity index (χ0v) is 31.8. The molecule has 11 heteroatoms. The molecule has 4 heterocycles. The first kappa shape index (κ1) is 36.2. The zero-order valence-electron chi connectivity index (χ0n) is 31.8. The van der Waals surface area contributed by atoms with Gasteiger partial charge in [-0.2, -0.15) is 0 Å². The van der Waals surface area contributed by atoms with Gasteiger partial charge < -0.3 is 28.4 Å². The number of nitrogens with zero attached hydrogens (tertiary/aromatic N) is 3. The minimum absolute atomic E-state index is 0.0578. The number of fused-ring (bicyclic) bond motifs is 2. The molecule has 6 bridgehead atoms. The van der Waals surface area contributed by atoms with Gasteiger partial charge in [0.25, 0.3) is 5.69 Å². The molecule has 11 nitrogen and oxygen atoms in total. The predicted molar refractivity (Wildman–Crippen MR) is 209 cm³/mol. The number of hydrogen-bond acceptors (Lipinski definition) is 10. The summed E-state index contributed by atoms with van der Waals surface area (Å²) in [4.78, 5) is 16.9. The van der Waals surface area contributed by atoms with Crippen LogP contribution >= 0.6 is 0 Å². The molecule has 0 saturated carbocycles. The first-order valence-electron chi connectivity index (χ1n) is 18.6. The Balaban J connectivity index is 1.38. The second-order valence-electron chi connectivity index (χ2n) is 14.4. The van der Waals surface area contributed by atoms with E-state index in [0.29, 0.717) is 58.8 Å². The van der Waals surface area contributed by atoms with Crippen LogP contribution < -0.4 is 28.4 Å². The average Bonchev–Trinajstić information content (AvgIpc) is 3.19. The summed E-state index contributed by atoms with van der Waals surface area (Å²) < 4.78 is 38.0. The van der Waals surface area contributed by atoms with Crippen LogP contribution in [0.5, 0.6) is 46.0 Å². The van der Waals surface area contributed by atoms with Crippen molar-refractivity contribution in [2.75, 3.05) is 48.5 Å². The van der Waals surface area contributed by atoms with Crippen LogP contribution in [0, 0.1) is 10.1 Å². The topological polar surface area (TPSA) is 105 Å². The minimum Gasteiger partial charge on any atom is -0.493 e. The first-order chi connectivity index (χ1) is 26.7. The molecule has 9 rings (SSSR count). The molecule has 0 spiro atoms. The second-order valence-corrected chi connectivity index (χ2v) is 14.4. The maximum Gasteiger partial charge on any atom is 0.276 e. The summed E-state index contributed by atoms with van der Waals surface area (Å²) in [6.07, 6.45) is 2.61. The largest absolute Gasteiger partial charge is 0.493 e. The van der Waals surface area contributed by atoms with E-state index in [0.717, 1.165) is 41.6 Å². The molecule has 0 amide bonds. The van der Waals surface area contributed by atoms with Gasteiger partial charge in [0, 0.05) is 36.3 Å². The minimum atomic E-state index is -0.364. The molecule has 0 N–H and O–H groups in total. The van der Waals surface area contributed by atoms with Gasteiger partial charge in [0.05, 0.1) is 32.3 Å². The van der Waals surface area contributed by atoms with Crippen molar-refractivity contribution < 1.29 is 33.3 Å². The molecular weight excluding hydrogens is 698 g/mol. The summed E-state index contributed by atoms with van der Waals surface area (Å²) in [6, 6.07) is 27.1. The van der Waals surface area contributed by atoms with Gasteiger partial charge in [-0.3, -0.25) is 19.9 Å². The molecule has 0 radical (unpaired) electrons. The predicted octanol–water partition coefficient (Wildman–Crippen LogP) is 8.64. The zero-order chi connectivity index (χ0) is 38.2. The number of likely N-dealkylation sites (N-methyl/N-ethyl adjacent to an activating group) is 2. The van der Waals surface area contributed by atoms with E-state index in [1.165, 1.54) is 24.3 Å². The van der Waals surface area contributed by atoms with Crippen LogP contribution in [0.1, 0.15) is 51.0 Å². The number of nitro groups is 1. The van der Waals surface area contributed by atoms with E-state index in [1.54, 1.807) is 20.3 Å². The maximum absolute atomic E-state index is 12.7. The van der Waals surface area contributed by atoms with Crippen LogP contribution in [0.25, 0.3) is 0 Å². The van der Waals surface area contributed by atoms with Crippen LogP contribution in [0.4, 0.5) is 5.69 Å². The van der Waals surface area contributed by atoms with Crippen molar-refractivity contribution in [3.8, 4) is 46.0 Å². The van der Waals surface area contributed by atoms with Crippen molar-refractivity contribution in [3.63, 3.8) is 0 Å². The Bertz CT molecular complexity index is 2230. The van der Waals surface area contributed by atoms with Gasteiger partial charge >= 0.3 is 0 Å². The summed E-state index contributed by atoms with van der Waals surface area (Å²) in [5.74, 6) is 3.92. The molecule has 0 aliphatic carbocycles. The van der Waals surface area contributed by atoms with Gasteiger partial charge in [0.2, 0.25) is 5.75 Å². The van der Waals surface area contributed by atoms with E-state index in [9.17, 15) is 10.1 Å². The Kier molecular flexibility index (Phi) is 9.98. The number of benzene rings is 5. The molecule has 4 aliphatic heterocycles. The molecular formula is C44H45N3O8. The fourth-order valence-corrected chi connectivity index (χ4v) is 8.17. The van der Waals surface area contributed by atoms with Gasteiger partial charge in [0.15, 0.2) is 34.5 Å². The first-order valence-corrected chi connectivity index (χ1v) is 18.6. The summed E-state index contributed by atoms with van der Waals surface area (Å²) in [6.45, 7) is 1.88. The van der Waals surface area contributed by atoms with E-state index < -0.39 is 0 Å². The third-order valence-corrected chi connectivity index (χ3v) is 11.2. The van der Waals surface area contributed by atoms with Crippen molar-refractivity contribution in [1.29, 1.82) is 0 Å². The molecule has 0 unspecified atom stereocenters. The lowest BCUT2D eigenvalue weighted by Crippen LogP contribution is -2.34. The number of ether oxygens (including phenoxy) is 6. The van der Waals surface area contributed by atoms with Crippen LogP contribution in [0.15, 0.2) is 84.9 Å². The molecule has 0 aromatic heterocycles. The van der Waals surface area contributed by atoms with E-state index in [2.05, 4.69) is 41.1 Å². The van der Waals surface area contributed by atoms with E-state index in [4.69, 9.17) is 28.4 Å². The number of methoxy groups -OCH3 is 3. The quantitative estimate of drug-likeness (QED) is 0.119. The lowest BCUT2D eigenvalue weighted by atomic mass is 9.86. The molecule has 284 valence electrons. The van der Waals surface area contributed by atoms with Crippen molar-refractivity contribution in [3.05, 3.63) is 134 Å². The third-order valence-electron chi connectivity index (χ3n) is 11.2. The summed E-state index contributed by atoms with van der Waals surface area (Å²) in [7, 11) is 8.98. The lowest BCUT2D eigenvalue weighted by Gasteiger charge is -2.37. The second kappa shape index (κ2) is 15.2. The maximum atomic E-state index is 12.7. The number of hydrogen-bond donors (Lipinski definition) is 0. The molecule has 4 aliphatic rings. The Hall–Kier alpha value is -5.78. The molecule has 2 atom stereocenters. The summed E-state index contributed by atoms with van der Waals surface area (Å²) in [5, 5.41) is 12.7. The SMILES string of the molecule is COc1cc([N+](=O)[O-])c2cc1Oc1ccc(cc1)C[C@H]1c3cc(c(OC)cc3CCN1C)Oc1c(OCc3ccccc3)c(OC)cc3c1[C@H](C2)N(C)CC3. The van der Waals surface area contributed by atoms with Crippen LogP contribution in [-0.4, -0.2) is 63.2 Å². The summed E-state index contributed by atoms with van der Waals surface area (Å²) >= 11 is 0. The highest BCUT2D eigenvalue weighted by atomic mass is 16.6. The number of rotatable bonds is 7. The Morgan fingerprint density at radius 3 is 2.09 bits per heavy atom. The van der Waals surface area contributed by atoms with E-state index in [1.807, 2.05) is 55.6 Å². The van der Waals surface area contributed by atoms with Crippen LogP contribution in [-0.2, 0) is 32.3 Å². The van der Waals surface area contributed by atoms with Crippen molar-refractivity contribution >= 4 is 5.69 Å². The van der Waals surface area contributed by atoms with E-state index >= 15 is 0 Å². The lowest BCUT2D eigenvalue weighted by molar-refractivity contribution is -0.385. The highest BCUT2D eigenvalue weighted by Crippen LogP contribution is 2.53. The monoisotopic (exact) mass is 743 g/mol. The molecule has 0 fully saturated rings. The smallest absolute Gasteiger partial charge is 0.276 e. The van der Waals surface area contributed by atoms with Crippen molar-refractivity contribution in [1.82, 2.24) is 9.80 Å². The fraction of sp³-hybridized carbons (Fsp3) is 0.318. The van der Waals surface area contributed by atoms with Crippen LogP contribution in [0.2, 0.25) is 0 Å². The number of nitro benzene ring substituents is 1. The van der Waals surface area contributed by atoms with Gasteiger partial charge in [-0.15, -0.1) is 0 Å². The molecule has 55 heavy (non-hydrogen) atoms. The third kappa shape index (κ3) is 7.01. The highest BCUT2D eigenvalue weighted by Gasteiger charge is 2.36. The molecule has 5 aromatic carbocycles. The standard InChI is InChI=1S/C44H45N3O8/c1-45-17-15-29-21-37(50-3)40-24-33(29)35(45)19-27-11-13-32(14-12-27)54-39-23-31(34(47(48)49)25-38(39)51-4)20-36-42-30(16-18-46(36)2)22-41(52-5)43(44(42)55-40)53-26-28-9-7-6-8-10-28/h6-14,21-25,35-36H,15-20,26H2,1-5H3/t35-,36-/m0/s1. The van der Waals surface area contributed by atoms with Gasteiger partial charge in [0.1, 0.15) is 12.4 Å². The van der Waals surface area contributed by atoms with Gasteiger partial charge in [-0.1, -0.05) is 42.5 Å². The van der Waals surface area contributed by atoms with Crippen LogP contribution in [0.3, 0.4) is 0 Å². The Labute approximate surface area is 321 Å². The normalized spacial score (nSPS) is 17.8. The Morgan fingerprint density at radius 2 is 1.38 bits per heavy atom. The fourth-order valence-electron chi connectivity index (χ4n) is 8.17. The highest BCUT2D eigenvalue weighted by molar-refractivity contribution is 5.64. The van der Waals surface area contributed by atoms with Gasteiger partial charge in [-0.05, 0) is 104 Å². The van der Waals surface area contributed by atoms with Gasteiger partial charge in [-0.25, -0.2) is 0 Å². The van der Waals surface area contributed by atoms with Crippen molar-refractivity contribution in [2.45, 2.75) is 44.4 Å². The summed E-state index contributed by atoms with van der Waals surface area (Å²) in [5.41, 5.74) is 6.81. The molecule has 5 aromatic rings. The van der Waals surface area contributed by atoms with Crippen molar-refractivity contribution in [2.24, 2.45) is 0 Å². The Morgan fingerprint density at radius 1 is 0.727 bits per heavy atom. The average molecular weight is 744 g/mol. The van der Waals surface area contributed by atoms with E-state index in [-0.39, 0.29) is 41.5 Å².